The highest BCUT2D eigenvalue weighted by atomic mass is 16.5. The second kappa shape index (κ2) is 5.90. The Kier molecular flexibility index (Phi) is 4.53. The minimum Gasteiger partial charge on any atom is -0.507 e. The lowest BCUT2D eigenvalue weighted by Crippen LogP contribution is -2.39. The van der Waals surface area contributed by atoms with Crippen LogP contribution in [0.1, 0.15) is 17.3 Å². The molecule has 6 nitrogen and oxygen atoms in total. The second-order valence-electron chi connectivity index (χ2n) is 3.60. The number of ether oxygens (including phenoxy) is 2. The number of hydrogen-bond donors (Lipinski definition) is 2. The lowest BCUT2D eigenvalue weighted by atomic mass is 10.1. The minimum atomic E-state index is -0.798. The van der Waals surface area contributed by atoms with E-state index in [1.807, 2.05) is 0 Å². The van der Waals surface area contributed by atoms with E-state index in [0.717, 1.165) is 0 Å². The van der Waals surface area contributed by atoms with E-state index < -0.39 is 17.9 Å². The fourth-order valence-electron chi connectivity index (χ4n) is 1.33. The molecule has 0 heterocycles. The summed E-state index contributed by atoms with van der Waals surface area (Å²) in [6, 6.07) is 3.45. The number of nitrogens with one attached hydrogen (secondary N) is 1. The Balaban J connectivity index is 2.87. The van der Waals surface area contributed by atoms with Gasteiger partial charge in [-0.25, -0.2) is 4.79 Å². The molecule has 2 N–H and O–H groups in total. The van der Waals surface area contributed by atoms with E-state index in [0.29, 0.717) is 5.75 Å². The molecule has 1 rings (SSSR count). The highest BCUT2D eigenvalue weighted by molar-refractivity contribution is 5.99. The van der Waals surface area contributed by atoms with E-state index in [2.05, 4.69) is 10.1 Å². The number of esters is 1. The predicted molar refractivity (Wildman–Crippen MR) is 63.6 cm³/mol. The molecule has 0 aromatic heterocycles. The number of benzene rings is 1. The zero-order valence-electron chi connectivity index (χ0n) is 10.4. The first-order valence-corrected chi connectivity index (χ1v) is 5.25. The Labute approximate surface area is 105 Å². The van der Waals surface area contributed by atoms with Crippen LogP contribution >= 0.6 is 0 Å². The first kappa shape index (κ1) is 13.8. The second-order valence-corrected chi connectivity index (χ2v) is 3.60. The number of amides is 1. The number of hydrogen-bond acceptors (Lipinski definition) is 5. The molecule has 1 amide bonds. The molecule has 0 saturated carbocycles. The maximum Gasteiger partial charge on any atom is 0.328 e. The molecule has 98 valence electrons. The van der Waals surface area contributed by atoms with Gasteiger partial charge >= 0.3 is 5.97 Å². The van der Waals surface area contributed by atoms with Crippen LogP contribution in [0.5, 0.6) is 11.5 Å². The van der Waals surface area contributed by atoms with Crippen molar-refractivity contribution in [2.24, 2.45) is 0 Å². The molecule has 0 fully saturated rings. The van der Waals surface area contributed by atoms with Gasteiger partial charge in [0.05, 0.1) is 19.8 Å². The minimum absolute atomic E-state index is 0.0325. The lowest BCUT2D eigenvalue weighted by molar-refractivity contribution is -0.142. The molecule has 0 saturated heterocycles. The summed E-state index contributed by atoms with van der Waals surface area (Å²) in [6.07, 6.45) is 0. The molecule has 0 radical (unpaired) electrons. The Morgan fingerprint density at radius 1 is 1.33 bits per heavy atom. The van der Waals surface area contributed by atoms with Crippen LogP contribution in [0.3, 0.4) is 0 Å². The van der Waals surface area contributed by atoms with Crippen molar-refractivity contribution in [3.8, 4) is 11.5 Å². The number of aromatic hydroxyl groups is 1. The Morgan fingerprint density at radius 2 is 2.00 bits per heavy atom. The van der Waals surface area contributed by atoms with E-state index in [4.69, 9.17) is 4.74 Å². The third-order valence-corrected chi connectivity index (χ3v) is 2.35. The summed E-state index contributed by atoms with van der Waals surface area (Å²) in [7, 11) is 2.68. The molecular formula is C12H15NO5. The average molecular weight is 253 g/mol. The van der Waals surface area contributed by atoms with Gasteiger partial charge in [-0.2, -0.15) is 0 Å². The average Bonchev–Trinajstić information content (AvgIpc) is 2.38. The fourth-order valence-corrected chi connectivity index (χ4v) is 1.33. The fraction of sp³-hybridized carbons (Fsp3) is 0.333. The summed E-state index contributed by atoms with van der Waals surface area (Å²) in [6.45, 7) is 1.49. The third kappa shape index (κ3) is 3.13. The number of rotatable bonds is 4. The van der Waals surface area contributed by atoms with Crippen LogP contribution in [-0.4, -0.2) is 37.2 Å². The van der Waals surface area contributed by atoms with Gasteiger partial charge < -0.3 is 19.9 Å². The van der Waals surface area contributed by atoms with E-state index in [-0.39, 0.29) is 11.3 Å². The molecule has 1 atom stereocenters. The Morgan fingerprint density at radius 3 is 2.56 bits per heavy atom. The van der Waals surface area contributed by atoms with Gasteiger partial charge in [0.1, 0.15) is 17.5 Å². The van der Waals surface area contributed by atoms with Crippen molar-refractivity contribution in [1.82, 2.24) is 5.32 Å². The summed E-state index contributed by atoms with van der Waals surface area (Å²) in [5, 5.41) is 12.0. The van der Waals surface area contributed by atoms with Crippen LogP contribution in [-0.2, 0) is 9.53 Å². The van der Waals surface area contributed by atoms with Crippen molar-refractivity contribution in [2.45, 2.75) is 13.0 Å². The summed E-state index contributed by atoms with van der Waals surface area (Å²) < 4.78 is 9.43. The van der Waals surface area contributed by atoms with Gasteiger partial charge in [0.25, 0.3) is 5.91 Å². The van der Waals surface area contributed by atoms with E-state index in [1.54, 1.807) is 0 Å². The molecule has 0 aliphatic heterocycles. The maximum atomic E-state index is 11.8. The van der Waals surface area contributed by atoms with Gasteiger partial charge in [-0.05, 0) is 25.1 Å². The number of carbonyl (C=O) groups excluding carboxylic acids is 2. The van der Waals surface area contributed by atoms with Gasteiger partial charge in [0.2, 0.25) is 0 Å². The van der Waals surface area contributed by atoms with E-state index >= 15 is 0 Å². The number of phenolic OH excluding ortho intramolecular Hbond substituents is 1. The van der Waals surface area contributed by atoms with Crippen LogP contribution in [0.2, 0.25) is 0 Å². The Hall–Kier alpha value is -2.24. The molecule has 1 unspecified atom stereocenters. The van der Waals surface area contributed by atoms with Gasteiger partial charge in [0.15, 0.2) is 0 Å². The Bertz CT molecular complexity index is 458. The summed E-state index contributed by atoms with van der Waals surface area (Å²) >= 11 is 0. The quantitative estimate of drug-likeness (QED) is 0.771. The first-order chi connectivity index (χ1) is 8.49. The van der Waals surface area contributed by atoms with Crippen LogP contribution < -0.4 is 10.1 Å². The number of methoxy groups -OCH3 is 2. The SMILES string of the molecule is COC(=O)C(C)NC(=O)c1cc(OC)ccc1O. The molecule has 0 aliphatic carbocycles. The molecular weight excluding hydrogens is 238 g/mol. The molecule has 1 aromatic carbocycles. The van der Waals surface area contributed by atoms with Crippen molar-refractivity contribution in [2.75, 3.05) is 14.2 Å². The normalized spacial score (nSPS) is 11.5. The van der Waals surface area contributed by atoms with Crippen molar-refractivity contribution in [3.63, 3.8) is 0 Å². The highest BCUT2D eigenvalue weighted by Gasteiger charge is 2.19. The zero-order valence-corrected chi connectivity index (χ0v) is 10.4. The van der Waals surface area contributed by atoms with E-state index in [9.17, 15) is 14.7 Å². The van der Waals surface area contributed by atoms with Gasteiger partial charge in [-0.1, -0.05) is 0 Å². The standard InChI is InChI=1S/C12H15NO5/c1-7(12(16)18-3)13-11(15)9-6-8(17-2)4-5-10(9)14/h4-7,14H,1-3H3,(H,13,15). The highest BCUT2D eigenvalue weighted by Crippen LogP contribution is 2.22. The van der Waals surface area contributed by atoms with Crippen LogP contribution in [0.25, 0.3) is 0 Å². The molecule has 0 aliphatic rings. The lowest BCUT2D eigenvalue weighted by Gasteiger charge is -2.12. The molecule has 0 bridgehead atoms. The number of phenols is 1. The van der Waals surface area contributed by atoms with Crippen molar-refractivity contribution in [1.29, 1.82) is 0 Å². The van der Waals surface area contributed by atoms with Crippen LogP contribution in [0.4, 0.5) is 0 Å². The van der Waals surface area contributed by atoms with Gasteiger partial charge in [0, 0.05) is 0 Å². The molecule has 0 spiro atoms. The summed E-state index contributed by atoms with van der Waals surface area (Å²) in [4.78, 5) is 23.0. The van der Waals surface area contributed by atoms with Crippen LogP contribution in [0, 0.1) is 0 Å². The predicted octanol–water partition coefficient (Wildman–Crippen LogP) is 0.692. The van der Waals surface area contributed by atoms with E-state index in [1.165, 1.54) is 39.3 Å². The smallest absolute Gasteiger partial charge is 0.328 e. The first-order valence-electron chi connectivity index (χ1n) is 5.25. The molecule has 1 aromatic rings. The third-order valence-electron chi connectivity index (χ3n) is 2.35. The molecule has 6 heteroatoms. The summed E-state index contributed by atoms with van der Waals surface area (Å²) in [5.74, 6) is -0.899. The van der Waals surface area contributed by atoms with Crippen LogP contribution in [0.15, 0.2) is 18.2 Å². The monoisotopic (exact) mass is 253 g/mol. The maximum absolute atomic E-state index is 11.8. The molecule has 18 heavy (non-hydrogen) atoms. The largest absolute Gasteiger partial charge is 0.507 e. The van der Waals surface area contributed by atoms with Gasteiger partial charge in [-0.3, -0.25) is 4.79 Å². The summed E-state index contributed by atoms with van der Waals surface area (Å²) in [5.41, 5.74) is 0.0325. The van der Waals surface area contributed by atoms with Gasteiger partial charge in [-0.15, -0.1) is 0 Å². The topological polar surface area (TPSA) is 84.9 Å². The zero-order chi connectivity index (χ0) is 13.7. The van der Waals surface area contributed by atoms with Crippen molar-refractivity contribution < 1.29 is 24.2 Å². The number of carbonyl (C=O) groups is 2. The van der Waals surface area contributed by atoms with Crippen molar-refractivity contribution >= 4 is 11.9 Å². The van der Waals surface area contributed by atoms with Crippen molar-refractivity contribution in [3.05, 3.63) is 23.8 Å².